The number of nitrogens with two attached hydrogens (primary N) is 1. The Morgan fingerprint density at radius 3 is 3.00 bits per heavy atom. The van der Waals surface area contributed by atoms with Gasteiger partial charge in [0.1, 0.15) is 5.52 Å². The monoisotopic (exact) mass is 363 g/mol. The van der Waals surface area contributed by atoms with E-state index in [1.165, 1.54) is 6.42 Å². The molecule has 0 amide bonds. The minimum atomic E-state index is -0.201. The summed E-state index contributed by atoms with van der Waals surface area (Å²) in [7, 11) is 0. The summed E-state index contributed by atoms with van der Waals surface area (Å²) in [6.45, 7) is 5.00. The molecule has 2 aromatic rings. The summed E-state index contributed by atoms with van der Waals surface area (Å²) >= 11 is 0. The highest BCUT2D eigenvalue weighted by Gasteiger charge is 2.16. The number of imidazole rings is 1. The highest BCUT2D eigenvalue weighted by Crippen LogP contribution is 2.21. The number of aryl methyl sites for hydroxylation is 1. The Bertz CT molecular complexity index is 764. The van der Waals surface area contributed by atoms with Crippen LogP contribution in [0.5, 0.6) is 6.01 Å². The van der Waals surface area contributed by atoms with E-state index in [4.69, 9.17) is 15.2 Å². The van der Waals surface area contributed by atoms with Gasteiger partial charge in [0.25, 0.3) is 0 Å². The highest BCUT2D eigenvalue weighted by atomic mass is 16.5. The lowest BCUT2D eigenvalue weighted by molar-refractivity contribution is 0.0506. The first-order valence-corrected chi connectivity index (χ1v) is 9.65. The molecule has 1 unspecified atom stereocenters. The number of aromatic nitrogens is 4. The van der Waals surface area contributed by atoms with Gasteiger partial charge in [-0.05, 0) is 38.0 Å². The molecular formula is C18H29N5O3. The van der Waals surface area contributed by atoms with E-state index in [-0.39, 0.29) is 17.5 Å². The second-order valence-corrected chi connectivity index (χ2v) is 6.95. The summed E-state index contributed by atoms with van der Waals surface area (Å²) < 4.78 is 12.7. The third-order valence-corrected chi connectivity index (χ3v) is 4.86. The fraction of sp³-hybridized carbons (Fsp3) is 0.722. The summed E-state index contributed by atoms with van der Waals surface area (Å²) in [6.07, 6.45) is 7.47. The van der Waals surface area contributed by atoms with Crippen LogP contribution in [-0.4, -0.2) is 39.3 Å². The van der Waals surface area contributed by atoms with Crippen molar-refractivity contribution >= 4 is 17.0 Å². The third kappa shape index (κ3) is 4.55. The molecule has 3 N–H and O–H groups in total. The Hall–Kier alpha value is -2.09. The molecule has 1 atom stereocenters. The lowest BCUT2D eigenvalue weighted by atomic mass is 9.96. The number of H-pyrrole nitrogens is 1. The smallest absolute Gasteiger partial charge is 0.327 e. The van der Waals surface area contributed by atoms with Gasteiger partial charge in [0.2, 0.25) is 0 Å². The van der Waals surface area contributed by atoms with Gasteiger partial charge in [0.15, 0.2) is 11.5 Å². The number of ether oxygens (including phenoxy) is 2. The van der Waals surface area contributed by atoms with Crippen LogP contribution in [0, 0.1) is 5.92 Å². The predicted octanol–water partition coefficient (Wildman–Crippen LogP) is 2.48. The number of hydrogen-bond acceptors (Lipinski definition) is 6. The van der Waals surface area contributed by atoms with Gasteiger partial charge in [-0.2, -0.15) is 9.97 Å². The van der Waals surface area contributed by atoms with Crippen LogP contribution in [-0.2, 0) is 11.3 Å². The quantitative estimate of drug-likeness (QED) is 0.663. The SMILES string of the molecule is CCCCOc1nc(N)c2[nH]c(=O)n(CCCCC3CCCOC3)c2n1. The van der Waals surface area contributed by atoms with Crippen molar-refractivity contribution in [3.63, 3.8) is 0 Å². The number of nitrogens with zero attached hydrogens (tertiary/aromatic N) is 3. The van der Waals surface area contributed by atoms with Gasteiger partial charge in [0.05, 0.1) is 6.61 Å². The molecule has 0 bridgehead atoms. The molecular weight excluding hydrogens is 334 g/mol. The molecule has 0 spiro atoms. The molecule has 2 aromatic heterocycles. The van der Waals surface area contributed by atoms with E-state index in [1.54, 1.807) is 4.57 Å². The van der Waals surface area contributed by atoms with Crippen LogP contribution in [0.15, 0.2) is 4.79 Å². The molecule has 8 heteroatoms. The van der Waals surface area contributed by atoms with E-state index in [0.29, 0.717) is 30.2 Å². The minimum Gasteiger partial charge on any atom is -0.463 e. The largest absolute Gasteiger partial charge is 0.463 e. The Morgan fingerprint density at radius 2 is 2.23 bits per heavy atom. The van der Waals surface area contributed by atoms with E-state index in [1.807, 2.05) is 0 Å². The number of nitrogens with one attached hydrogen (secondary N) is 1. The summed E-state index contributed by atoms with van der Waals surface area (Å²) in [4.78, 5) is 23.6. The van der Waals surface area contributed by atoms with Crippen molar-refractivity contribution in [2.24, 2.45) is 5.92 Å². The number of nitrogen functional groups attached to an aromatic ring is 1. The van der Waals surface area contributed by atoms with Crippen molar-refractivity contribution < 1.29 is 9.47 Å². The normalized spacial score (nSPS) is 17.7. The molecule has 3 rings (SSSR count). The molecule has 0 aromatic carbocycles. The van der Waals surface area contributed by atoms with Crippen LogP contribution in [0.25, 0.3) is 11.2 Å². The summed E-state index contributed by atoms with van der Waals surface area (Å²) in [6, 6.07) is 0.232. The fourth-order valence-electron chi connectivity index (χ4n) is 3.35. The molecule has 3 heterocycles. The van der Waals surface area contributed by atoms with Gasteiger partial charge in [-0.1, -0.05) is 19.8 Å². The van der Waals surface area contributed by atoms with Gasteiger partial charge >= 0.3 is 11.7 Å². The van der Waals surface area contributed by atoms with Gasteiger partial charge in [0, 0.05) is 19.8 Å². The second-order valence-electron chi connectivity index (χ2n) is 6.95. The first-order valence-electron chi connectivity index (χ1n) is 9.65. The second kappa shape index (κ2) is 9.02. The Labute approximate surface area is 153 Å². The fourth-order valence-corrected chi connectivity index (χ4v) is 3.35. The maximum absolute atomic E-state index is 12.3. The van der Waals surface area contributed by atoms with Gasteiger partial charge in [-0.3, -0.25) is 4.57 Å². The van der Waals surface area contributed by atoms with Crippen molar-refractivity contribution in [2.75, 3.05) is 25.6 Å². The van der Waals surface area contributed by atoms with Crippen molar-refractivity contribution in [2.45, 2.75) is 58.4 Å². The van der Waals surface area contributed by atoms with Crippen LogP contribution in [0.4, 0.5) is 5.82 Å². The number of hydrogen-bond donors (Lipinski definition) is 2. The predicted molar refractivity (Wildman–Crippen MR) is 100 cm³/mol. The lowest BCUT2D eigenvalue weighted by Gasteiger charge is -2.21. The maximum atomic E-state index is 12.3. The highest BCUT2D eigenvalue weighted by molar-refractivity contribution is 5.81. The van der Waals surface area contributed by atoms with E-state index in [0.717, 1.165) is 51.7 Å². The lowest BCUT2D eigenvalue weighted by Crippen LogP contribution is -2.19. The van der Waals surface area contributed by atoms with Gasteiger partial charge in [-0.15, -0.1) is 0 Å². The van der Waals surface area contributed by atoms with Crippen LogP contribution < -0.4 is 16.2 Å². The average Bonchev–Trinajstić information content (AvgIpc) is 2.96. The van der Waals surface area contributed by atoms with Crippen LogP contribution in [0.1, 0.15) is 51.9 Å². The van der Waals surface area contributed by atoms with Crippen LogP contribution in [0.2, 0.25) is 0 Å². The first-order chi connectivity index (χ1) is 12.7. The zero-order valence-electron chi connectivity index (χ0n) is 15.5. The van der Waals surface area contributed by atoms with E-state index >= 15 is 0 Å². The van der Waals surface area contributed by atoms with Crippen molar-refractivity contribution in [1.82, 2.24) is 19.5 Å². The van der Waals surface area contributed by atoms with Crippen molar-refractivity contribution in [1.29, 1.82) is 0 Å². The number of anilines is 1. The molecule has 0 radical (unpaired) electrons. The standard InChI is InChI=1S/C18H29N5O3/c1-2-3-11-26-17-21-15(19)14-16(22-17)23(18(24)20-14)9-5-4-7-13-8-6-10-25-12-13/h13H,2-12H2,1H3,(H,20,24)(H2,19,21,22). The number of fused-ring (bicyclic) bond motifs is 1. The minimum absolute atomic E-state index is 0.201. The average molecular weight is 363 g/mol. The molecule has 8 nitrogen and oxygen atoms in total. The molecule has 0 saturated carbocycles. The van der Waals surface area contributed by atoms with Gasteiger partial charge in [-0.25, -0.2) is 4.79 Å². The summed E-state index contributed by atoms with van der Waals surface area (Å²) in [5.41, 5.74) is 6.77. The third-order valence-electron chi connectivity index (χ3n) is 4.86. The number of unbranched alkanes of at least 4 members (excludes halogenated alkanes) is 2. The summed E-state index contributed by atoms with van der Waals surface area (Å²) in [5.74, 6) is 0.900. The van der Waals surface area contributed by atoms with Crippen molar-refractivity contribution in [3.05, 3.63) is 10.5 Å². The number of rotatable bonds is 9. The van der Waals surface area contributed by atoms with Crippen LogP contribution >= 0.6 is 0 Å². The molecule has 26 heavy (non-hydrogen) atoms. The molecule has 1 aliphatic rings. The number of aromatic amines is 1. The van der Waals surface area contributed by atoms with E-state index in [2.05, 4.69) is 21.9 Å². The van der Waals surface area contributed by atoms with E-state index in [9.17, 15) is 4.79 Å². The zero-order chi connectivity index (χ0) is 18.4. The zero-order valence-corrected chi connectivity index (χ0v) is 15.5. The Balaban J connectivity index is 1.64. The molecule has 144 valence electrons. The summed E-state index contributed by atoms with van der Waals surface area (Å²) in [5, 5.41) is 0. The topological polar surface area (TPSA) is 108 Å². The van der Waals surface area contributed by atoms with E-state index < -0.39 is 0 Å². The van der Waals surface area contributed by atoms with Crippen molar-refractivity contribution in [3.8, 4) is 6.01 Å². The molecule has 1 aliphatic heterocycles. The molecule has 1 saturated heterocycles. The maximum Gasteiger partial charge on any atom is 0.327 e. The molecule has 1 fully saturated rings. The Kier molecular flexibility index (Phi) is 6.49. The molecule has 0 aliphatic carbocycles. The van der Waals surface area contributed by atoms with Crippen LogP contribution in [0.3, 0.4) is 0 Å². The first kappa shape index (κ1) is 18.7. The Morgan fingerprint density at radius 1 is 1.35 bits per heavy atom. The van der Waals surface area contributed by atoms with Gasteiger partial charge < -0.3 is 20.2 Å².